The lowest BCUT2D eigenvalue weighted by molar-refractivity contribution is -0.135. The average Bonchev–Trinajstić information content (AvgIpc) is 2.36. The van der Waals surface area contributed by atoms with Crippen LogP contribution < -0.4 is 0 Å². The van der Waals surface area contributed by atoms with Crippen molar-refractivity contribution in [2.45, 2.75) is 66.8 Å². The Hall–Kier alpha value is -0.530. The first kappa shape index (κ1) is 15.5. The average molecular weight is 253 g/mol. The van der Waals surface area contributed by atoms with E-state index in [1.54, 1.807) is 0 Å². The standard InChI is InChI=1S/C16H31NO/c1-11(2)13-8-9-15(18)17(16(5,6)7)10-14(13)12(3)4/h11-14H,8-10H2,1-7H3. The van der Waals surface area contributed by atoms with Crippen molar-refractivity contribution in [1.29, 1.82) is 0 Å². The third kappa shape index (κ3) is 3.49. The minimum Gasteiger partial charge on any atom is -0.338 e. The van der Waals surface area contributed by atoms with Gasteiger partial charge in [0.15, 0.2) is 0 Å². The minimum absolute atomic E-state index is 0.0455. The van der Waals surface area contributed by atoms with Crippen LogP contribution in [0, 0.1) is 23.7 Å². The summed E-state index contributed by atoms with van der Waals surface area (Å²) in [6.07, 6.45) is 1.79. The first-order chi connectivity index (χ1) is 8.14. The molecule has 0 aromatic rings. The van der Waals surface area contributed by atoms with Crippen molar-refractivity contribution in [2.24, 2.45) is 23.7 Å². The molecular formula is C16H31NO. The summed E-state index contributed by atoms with van der Waals surface area (Å²) >= 11 is 0. The van der Waals surface area contributed by atoms with Crippen LogP contribution in [0.4, 0.5) is 0 Å². The van der Waals surface area contributed by atoms with Gasteiger partial charge in [-0.05, 0) is 50.9 Å². The highest BCUT2D eigenvalue weighted by Crippen LogP contribution is 2.36. The number of hydrogen-bond acceptors (Lipinski definition) is 1. The molecule has 1 rings (SSSR count). The van der Waals surface area contributed by atoms with Crippen LogP contribution in [-0.4, -0.2) is 22.9 Å². The number of hydrogen-bond donors (Lipinski definition) is 0. The number of likely N-dealkylation sites (tertiary alicyclic amines) is 1. The second-order valence-electron chi connectivity index (χ2n) is 7.53. The Balaban J connectivity index is 2.99. The molecule has 18 heavy (non-hydrogen) atoms. The highest BCUT2D eigenvalue weighted by Gasteiger charge is 2.37. The fourth-order valence-corrected chi connectivity index (χ4v) is 3.27. The quantitative estimate of drug-likeness (QED) is 0.729. The van der Waals surface area contributed by atoms with Gasteiger partial charge in [-0.15, -0.1) is 0 Å². The topological polar surface area (TPSA) is 20.3 Å². The van der Waals surface area contributed by atoms with Gasteiger partial charge in [-0.3, -0.25) is 4.79 Å². The maximum atomic E-state index is 12.3. The first-order valence-corrected chi connectivity index (χ1v) is 7.45. The van der Waals surface area contributed by atoms with E-state index in [1.165, 1.54) is 0 Å². The van der Waals surface area contributed by atoms with Crippen LogP contribution in [0.25, 0.3) is 0 Å². The van der Waals surface area contributed by atoms with E-state index >= 15 is 0 Å². The molecule has 0 N–H and O–H groups in total. The lowest BCUT2D eigenvalue weighted by Gasteiger charge is -2.39. The van der Waals surface area contributed by atoms with E-state index in [0.29, 0.717) is 29.6 Å². The van der Waals surface area contributed by atoms with Crippen LogP contribution in [0.5, 0.6) is 0 Å². The monoisotopic (exact) mass is 253 g/mol. The number of carbonyl (C=O) groups is 1. The van der Waals surface area contributed by atoms with Crippen molar-refractivity contribution in [3.8, 4) is 0 Å². The molecule has 2 unspecified atom stereocenters. The van der Waals surface area contributed by atoms with Crippen molar-refractivity contribution in [3.63, 3.8) is 0 Å². The van der Waals surface area contributed by atoms with E-state index in [0.717, 1.165) is 19.4 Å². The zero-order valence-electron chi connectivity index (χ0n) is 13.3. The van der Waals surface area contributed by atoms with Crippen LogP contribution in [0.15, 0.2) is 0 Å². The van der Waals surface area contributed by atoms with Crippen LogP contribution in [0.2, 0.25) is 0 Å². The summed E-state index contributed by atoms with van der Waals surface area (Å²) in [7, 11) is 0. The van der Waals surface area contributed by atoms with Gasteiger partial charge in [-0.2, -0.15) is 0 Å². The molecule has 0 aromatic heterocycles. The van der Waals surface area contributed by atoms with Gasteiger partial charge in [0.2, 0.25) is 5.91 Å². The summed E-state index contributed by atoms with van der Waals surface area (Å²) in [6.45, 7) is 16.6. The lowest BCUT2D eigenvalue weighted by atomic mass is 9.75. The molecule has 0 aromatic carbocycles. The molecule has 1 amide bonds. The predicted octanol–water partition coefficient (Wildman–Crippen LogP) is 3.95. The molecule has 0 radical (unpaired) electrons. The van der Waals surface area contributed by atoms with Crippen molar-refractivity contribution in [1.82, 2.24) is 4.90 Å². The minimum atomic E-state index is -0.0455. The summed E-state index contributed by atoms with van der Waals surface area (Å²) in [5, 5.41) is 0. The molecule has 0 bridgehead atoms. The van der Waals surface area contributed by atoms with Gasteiger partial charge in [0.1, 0.15) is 0 Å². The summed E-state index contributed by atoms with van der Waals surface area (Å²) in [6, 6.07) is 0. The van der Waals surface area contributed by atoms with Gasteiger partial charge in [-0.25, -0.2) is 0 Å². The Morgan fingerprint density at radius 2 is 1.56 bits per heavy atom. The maximum Gasteiger partial charge on any atom is 0.223 e. The predicted molar refractivity (Wildman–Crippen MR) is 77.4 cm³/mol. The summed E-state index contributed by atoms with van der Waals surface area (Å²) < 4.78 is 0. The molecule has 0 spiro atoms. The van der Waals surface area contributed by atoms with Crippen LogP contribution >= 0.6 is 0 Å². The van der Waals surface area contributed by atoms with E-state index in [1.807, 2.05) is 0 Å². The fourth-order valence-electron chi connectivity index (χ4n) is 3.27. The fraction of sp³-hybridized carbons (Fsp3) is 0.938. The molecule has 1 heterocycles. The van der Waals surface area contributed by atoms with Crippen molar-refractivity contribution >= 4 is 5.91 Å². The third-order valence-corrected chi connectivity index (χ3v) is 4.46. The summed E-state index contributed by atoms with van der Waals surface area (Å²) in [4.78, 5) is 14.4. The lowest BCUT2D eigenvalue weighted by Crippen LogP contribution is -2.48. The molecule has 2 heteroatoms. The van der Waals surface area contributed by atoms with E-state index in [9.17, 15) is 4.79 Å². The molecular weight excluding hydrogens is 222 g/mol. The largest absolute Gasteiger partial charge is 0.338 e. The Labute approximate surface area is 113 Å². The summed E-state index contributed by atoms with van der Waals surface area (Å²) in [5.41, 5.74) is -0.0455. The Morgan fingerprint density at radius 1 is 1.06 bits per heavy atom. The molecule has 1 fully saturated rings. The van der Waals surface area contributed by atoms with Gasteiger partial charge in [0.05, 0.1) is 0 Å². The highest BCUT2D eigenvalue weighted by atomic mass is 16.2. The molecule has 106 valence electrons. The Bertz CT molecular complexity index is 288. The normalized spacial score (nSPS) is 26.9. The number of rotatable bonds is 2. The molecule has 0 saturated carbocycles. The SMILES string of the molecule is CC(C)C1CCC(=O)N(C(C)(C)C)CC1C(C)C. The Morgan fingerprint density at radius 3 is 1.94 bits per heavy atom. The molecule has 2 nitrogen and oxygen atoms in total. The molecule has 0 aliphatic carbocycles. The second-order valence-corrected chi connectivity index (χ2v) is 7.53. The van der Waals surface area contributed by atoms with Gasteiger partial charge in [-0.1, -0.05) is 27.7 Å². The van der Waals surface area contributed by atoms with Crippen LogP contribution in [0.3, 0.4) is 0 Å². The molecule has 2 atom stereocenters. The molecule has 1 aliphatic rings. The van der Waals surface area contributed by atoms with E-state index < -0.39 is 0 Å². The molecule has 1 saturated heterocycles. The zero-order valence-corrected chi connectivity index (χ0v) is 13.3. The van der Waals surface area contributed by atoms with Crippen LogP contribution in [-0.2, 0) is 4.79 Å². The van der Waals surface area contributed by atoms with Gasteiger partial charge >= 0.3 is 0 Å². The van der Waals surface area contributed by atoms with Gasteiger partial charge in [0.25, 0.3) is 0 Å². The van der Waals surface area contributed by atoms with Gasteiger partial charge < -0.3 is 4.90 Å². The van der Waals surface area contributed by atoms with E-state index in [2.05, 4.69) is 53.4 Å². The Kier molecular flexibility index (Phi) is 4.85. The number of nitrogens with zero attached hydrogens (tertiary/aromatic N) is 1. The van der Waals surface area contributed by atoms with Crippen molar-refractivity contribution < 1.29 is 4.79 Å². The first-order valence-electron chi connectivity index (χ1n) is 7.45. The van der Waals surface area contributed by atoms with E-state index in [-0.39, 0.29) is 5.54 Å². The van der Waals surface area contributed by atoms with Crippen LogP contribution in [0.1, 0.15) is 61.3 Å². The second kappa shape index (κ2) is 5.63. The summed E-state index contributed by atoms with van der Waals surface area (Å²) in [5.74, 6) is 2.98. The highest BCUT2D eigenvalue weighted by molar-refractivity contribution is 5.77. The smallest absolute Gasteiger partial charge is 0.223 e. The molecule has 1 aliphatic heterocycles. The van der Waals surface area contributed by atoms with E-state index in [4.69, 9.17) is 0 Å². The van der Waals surface area contributed by atoms with Crippen molar-refractivity contribution in [2.75, 3.05) is 6.54 Å². The maximum absolute atomic E-state index is 12.3. The number of carbonyl (C=O) groups excluding carboxylic acids is 1. The van der Waals surface area contributed by atoms with Gasteiger partial charge in [0, 0.05) is 18.5 Å². The third-order valence-electron chi connectivity index (χ3n) is 4.46. The zero-order chi connectivity index (χ0) is 14.1. The number of amides is 1. The van der Waals surface area contributed by atoms with Crippen molar-refractivity contribution in [3.05, 3.63) is 0 Å².